The Labute approximate surface area is 105 Å². The summed E-state index contributed by atoms with van der Waals surface area (Å²) in [5, 5.41) is 22.0. The molecule has 0 saturated carbocycles. The van der Waals surface area contributed by atoms with E-state index in [4.69, 9.17) is 0 Å². The molecule has 2 nitrogen and oxygen atoms in total. The third-order valence-corrected chi connectivity index (χ3v) is 4.07. The van der Waals surface area contributed by atoms with Crippen LogP contribution in [0.1, 0.15) is 23.1 Å². The van der Waals surface area contributed by atoms with Gasteiger partial charge in [0, 0.05) is 0 Å². The fourth-order valence-electron chi connectivity index (χ4n) is 3.38. The molecule has 18 heavy (non-hydrogen) atoms. The van der Waals surface area contributed by atoms with E-state index in [1.54, 1.807) is 0 Å². The van der Waals surface area contributed by atoms with Gasteiger partial charge in [0.05, 0.1) is 6.10 Å². The average Bonchev–Trinajstić information content (AvgIpc) is 2.34. The van der Waals surface area contributed by atoms with Gasteiger partial charge in [-0.05, 0) is 64.4 Å². The van der Waals surface area contributed by atoms with Gasteiger partial charge in [-0.15, -0.1) is 0 Å². The molecular weight excluding hydrogens is 224 g/mol. The topological polar surface area (TPSA) is 40.5 Å². The van der Waals surface area contributed by atoms with Crippen LogP contribution in [0.2, 0.25) is 0 Å². The first-order valence-corrected chi connectivity index (χ1v) is 6.37. The van der Waals surface area contributed by atoms with Crippen LogP contribution in [-0.4, -0.2) is 16.3 Å². The average molecular weight is 238 g/mol. The van der Waals surface area contributed by atoms with Crippen molar-refractivity contribution in [1.29, 1.82) is 0 Å². The highest BCUT2D eigenvalue weighted by Gasteiger charge is 2.25. The minimum Gasteiger partial charge on any atom is -0.508 e. The van der Waals surface area contributed by atoms with E-state index in [9.17, 15) is 10.2 Å². The molecule has 0 radical (unpaired) electrons. The number of aliphatic hydroxyl groups excluding tert-OH is 1. The van der Waals surface area contributed by atoms with Crippen LogP contribution in [0.15, 0.2) is 30.3 Å². The van der Waals surface area contributed by atoms with Gasteiger partial charge in [-0.1, -0.05) is 18.2 Å². The van der Waals surface area contributed by atoms with Crippen LogP contribution < -0.4 is 0 Å². The van der Waals surface area contributed by atoms with Gasteiger partial charge in [-0.2, -0.15) is 0 Å². The van der Waals surface area contributed by atoms with E-state index in [0.29, 0.717) is 5.75 Å². The summed E-state index contributed by atoms with van der Waals surface area (Å²) in [6.45, 7) is 0. The van der Waals surface area contributed by atoms with Crippen LogP contribution in [0.5, 0.6) is 5.75 Å². The molecule has 90 valence electrons. The predicted octanol–water partition coefficient (Wildman–Crippen LogP) is 2.79. The quantitative estimate of drug-likeness (QED) is 0.741. The summed E-state index contributed by atoms with van der Waals surface area (Å²) < 4.78 is 0. The van der Waals surface area contributed by atoms with E-state index in [1.165, 1.54) is 27.6 Å². The summed E-state index contributed by atoms with van der Waals surface area (Å²) in [4.78, 5) is 0. The lowest BCUT2D eigenvalue weighted by Crippen LogP contribution is -2.19. The van der Waals surface area contributed by atoms with Crippen molar-refractivity contribution in [2.75, 3.05) is 0 Å². The zero-order valence-corrected chi connectivity index (χ0v) is 9.98. The molecular formula is C16H14O2. The van der Waals surface area contributed by atoms with E-state index in [1.807, 2.05) is 12.1 Å². The Hall–Kier alpha value is -1.80. The van der Waals surface area contributed by atoms with Gasteiger partial charge < -0.3 is 10.2 Å². The molecule has 0 fully saturated rings. The first kappa shape index (κ1) is 10.2. The summed E-state index contributed by atoms with van der Waals surface area (Å²) in [6.07, 6.45) is 4.29. The molecule has 0 spiro atoms. The van der Waals surface area contributed by atoms with Crippen molar-refractivity contribution < 1.29 is 10.2 Å². The standard InChI is InChI=1S/C16H14O2/c17-13-5-9-1-2-10-6-14(18)8-12-4-3-11(7-13)15(9)16(10)12/h1-3,6,8,13,17-18H,4-5,7H2. The van der Waals surface area contributed by atoms with Crippen LogP contribution in [-0.2, 0) is 12.8 Å². The lowest BCUT2D eigenvalue weighted by Gasteiger charge is -2.28. The SMILES string of the molecule is Oc1cc2c3c4c(ccc3c1)CC(O)CC4=CC2. The van der Waals surface area contributed by atoms with E-state index >= 15 is 0 Å². The Kier molecular flexibility index (Phi) is 1.90. The fourth-order valence-corrected chi connectivity index (χ4v) is 3.38. The fraction of sp³-hybridized carbons (Fsp3) is 0.250. The van der Waals surface area contributed by atoms with E-state index in [0.717, 1.165) is 24.6 Å². The number of allylic oxidation sites excluding steroid dienone is 1. The molecule has 0 aromatic heterocycles. The Morgan fingerprint density at radius 3 is 2.83 bits per heavy atom. The second kappa shape index (κ2) is 3.36. The molecule has 2 aromatic rings. The largest absolute Gasteiger partial charge is 0.508 e. The minimum atomic E-state index is -0.250. The molecule has 2 aliphatic carbocycles. The lowest BCUT2D eigenvalue weighted by molar-refractivity contribution is 0.177. The van der Waals surface area contributed by atoms with Gasteiger partial charge in [0.15, 0.2) is 0 Å². The van der Waals surface area contributed by atoms with Gasteiger partial charge >= 0.3 is 0 Å². The summed E-state index contributed by atoms with van der Waals surface area (Å²) in [6, 6.07) is 7.83. The number of aliphatic hydroxyl groups is 1. The van der Waals surface area contributed by atoms with Crippen molar-refractivity contribution >= 4 is 16.3 Å². The van der Waals surface area contributed by atoms with Crippen LogP contribution in [0.4, 0.5) is 0 Å². The predicted molar refractivity (Wildman–Crippen MR) is 71.6 cm³/mol. The molecule has 2 aliphatic rings. The molecule has 0 aliphatic heterocycles. The first-order valence-electron chi connectivity index (χ1n) is 6.37. The molecule has 1 unspecified atom stereocenters. The Morgan fingerprint density at radius 1 is 1.06 bits per heavy atom. The third-order valence-electron chi connectivity index (χ3n) is 4.07. The smallest absolute Gasteiger partial charge is 0.116 e. The number of hydrogen-bond acceptors (Lipinski definition) is 2. The molecule has 0 saturated heterocycles. The number of phenolic OH excluding ortho intramolecular Hbond substituents is 1. The van der Waals surface area contributed by atoms with Crippen LogP contribution in [0.3, 0.4) is 0 Å². The summed E-state index contributed by atoms with van der Waals surface area (Å²) in [5.41, 5.74) is 5.01. The summed E-state index contributed by atoms with van der Waals surface area (Å²) >= 11 is 0. The maximum atomic E-state index is 9.91. The maximum Gasteiger partial charge on any atom is 0.116 e. The van der Waals surface area contributed by atoms with E-state index in [2.05, 4.69) is 18.2 Å². The molecule has 0 bridgehead atoms. The second-order valence-electron chi connectivity index (χ2n) is 5.30. The second-order valence-corrected chi connectivity index (χ2v) is 5.30. The van der Waals surface area contributed by atoms with Gasteiger partial charge in [-0.3, -0.25) is 0 Å². The normalized spacial score (nSPS) is 20.9. The van der Waals surface area contributed by atoms with E-state index in [-0.39, 0.29) is 6.10 Å². The zero-order valence-electron chi connectivity index (χ0n) is 9.98. The molecule has 0 heterocycles. The number of benzene rings is 2. The third kappa shape index (κ3) is 1.27. The molecule has 4 rings (SSSR count). The van der Waals surface area contributed by atoms with Crippen molar-refractivity contribution in [1.82, 2.24) is 0 Å². The highest BCUT2D eigenvalue weighted by molar-refractivity contribution is 6.00. The van der Waals surface area contributed by atoms with Crippen molar-refractivity contribution in [2.24, 2.45) is 0 Å². The van der Waals surface area contributed by atoms with Gasteiger partial charge in [0.1, 0.15) is 5.75 Å². The van der Waals surface area contributed by atoms with Crippen molar-refractivity contribution in [3.8, 4) is 5.75 Å². The Balaban J connectivity index is 2.14. The van der Waals surface area contributed by atoms with Crippen LogP contribution >= 0.6 is 0 Å². The Morgan fingerprint density at radius 2 is 1.94 bits per heavy atom. The molecule has 1 atom stereocenters. The van der Waals surface area contributed by atoms with Crippen LogP contribution in [0, 0.1) is 0 Å². The molecule has 0 amide bonds. The molecule has 2 heteroatoms. The van der Waals surface area contributed by atoms with Crippen molar-refractivity contribution in [2.45, 2.75) is 25.4 Å². The summed E-state index contributed by atoms with van der Waals surface area (Å²) in [7, 11) is 0. The lowest BCUT2D eigenvalue weighted by atomic mass is 9.78. The van der Waals surface area contributed by atoms with Gasteiger partial charge in [-0.25, -0.2) is 0 Å². The highest BCUT2D eigenvalue weighted by Crippen LogP contribution is 2.42. The van der Waals surface area contributed by atoms with Crippen molar-refractivity contribution in [3.05, 3.63) is 47.0 Å². The Bertz CT molecular complexity index is 698. The van der Waals surface area contributed by atoms with Crippen LogP contribution in [0.25, 0.3) is 16.3 Å². The number of aromatic hydroxyl groups is 1. The van der Waals surface area contributed by atoms with Gasteiger partial charge in [0.25, 0.3) is 0 Å². The summed E-state index contributed by atoms with van der Waals surface area (Å²) in [5.74, 6) is 0.338. The maximum absolute atomic E-state index is 9.91. The first-order chi connectivity index (χ1) is 8.72. The zero-order chi connectivity index (χ0) is 12.3. The molecule has 2 N–H and O–H groups in total. The van der Waals surface area contributed by atoms with Gasteiger partial charge in [0.2, 0.25) is 0 Å². The minimum absolute atomic E-state index is 0.250. The van der Waals surface area contributed by atoms with E-state index < -0.39 is 0 Å². The number of phenols is 1. The van der Waals surface area contributed by atoms with Crippen molar-refractivity contribution in [3.63, 3.8) is 0 Å². The number of rotatable bonds is 0. The molecule has 2 aromatic carbocycles. The highest BCUT2D eigenvalue weighted by atomic mass is 16.3. The number of hydrogen-bond donors (Lipinski definition) is 2. The monoisotopic (exact) mass is 238 g/mol.